The standard InChI is InChI=1S/C18H20N2O2.C17H17NO3.C17H17NO2.C15H11Cl2NO2.C15H11F2NO2.C15H13NO2/c1-13-4-6-14(7-5-13)12-17(21)18(22)19-15-8-10-16(11-9-15)20(2)3;1-12-3-5-13(6-4-12)11-16(19)17(20)18-14-7-9-15(21-2)10-8-14;1-12-3-7-14(8-4-12)11-16(19)17(20)18-15-9-5-13(2)6-10-15;2*16-11-3-1-10(2-4-11)9-14(19)15(20)18-13-7-5-12(17)6-8-13;17-14(11-12-7-3-1-4-8-12)15(18)16-13-9-5-2-6-10-13/h4-11H,12H2,1-3H3,(H,19,22);3-10H,11H2,1-2H3,(H,18,20);3-10H,11H2,1-2H3,(H,18,20);2*1-8H,9H2,(H,18,20);1-10H,11H2,(H,16,18). The van der Waals surface area contributed by atoms with Crippen molar-refractivity contribution in [1.82, 2.24) is 0 Å². The Balaban J connectivity index is 0.000000200. The third kappa shape index (κ3) is 35.1. The van der Waals surface area contributed by atoms with Crippen LogP contribution >= 0.6 is 23.2 Å². The number of hydrogen-bond acceptors (Lipinski definition) is 14. The van der Waals surface area contributed by atoms with E-state index in [0.29, 0.717) is 55.5 Å². The Kier molecular flexibility index (Phi) is 37.9. The van der Waals surface area contributed by atoms with Crippen LogP contribution in [0.4, 0.5) is 48.6 Å². The van der Waals surface area contributed by atoms with Crippen molar-refractivity contribution in [2.24, 2.45) is 0 Å². The summed E-state index contributed by atoms with van der Waals surface area (Å²) in [4.78, 5) is 143. The van der Waals surface area contributed by atoms with Gasteiger partial charge in [-0.2, -0.15) is 0 Å². The van der Waals surface area contributed by atoms with E-state index >= 15 is 0 Å². The molecule has 0 fully saturated rings. The van der Waals surface area contributed by atoms with Crippen molar-refractivity contribution in [2.45, 2.75) is 66.2 Å². The second kappa shape index (κ2) is 48.9. The van der Waals surface area contributed by atoms with Crippen molar-refractivity contribution < 1.29 is 71.1 Å². The van der Waals surface area contributed by atoms with Crippen LogP contribution in [-0.4, -0.2) is 91.3 Å². The largest absolute Gasteiger partial charge is 0.497 e. The molecule has 0 atom stereocenters. The van der Waals surface area contributed by atoms with Gasteiger partial charge in [0.2, 0.25) is 34.7 Å². The summed E-state index contributed by atoms with van der Waals surface area (Å²) in [7, 11) is 5.45. The molecular formula is C97H89Cl2F2N7O13. The molecule has 0 aliphatic rings. The summed E-state index contributed by atoms with van der Waals surface area (Å²) < 4.78 is 30.4. The first kappa shape index (κ1) is 93.7. The first-order chi connectivity index (χ1) is 57.9. The second-order valence-corrected chi connectivity index (χ2v) is 28.3. The molecule has 0 aliphatic carbocycles. The zero-order valence-corrected chi connectivity index (χ0v) is 68.9. The SMILES string of the molecule is COc1ccc(NC(=O)C(=O)Cc2ccc(C)cc2)cc1.Cc1ccc(CC(=O)C(=O)Nc2ccc(C)cc2)cc1.Cc1ccc(CC(=O)C(=O)Nc2ccc(N(C)C)cc2)cc1.O=C(Cc1ccc(Cl)cc1)C(=O)Nc1ccc(Cl)cc1.O=C(Cc1ccc(F)cc1)C(=O)Nc1ccc(F)cc1.O=C(Cc1ccccc1)C(=O)Nc1ccccc1. The van der Waals surface area contributed by atoms with E-state index in [1.807, 2.05) is 180 Å². The Morgan fingerprint density at radius 1 is 0.264 bits per heavy atom. The van der Waals surface area contributed by atoms with Crippen LogP contribution in [0.3, 0.4) is 0 Å². The molecule has 0 spiro atoms. The van der Waals surface area contributed by atoms with Gasteiger partial charge in [-0.05, 0) is 207 Å². The molecule has 0 radical (unpaired) electrons. The molecule has 0 unspecified atom stereocenters. The Labute approximate surface area is 710 Å². The number of nitrogens with zero attached hydrogens (tertiary/aromatic N) is 1. The number of para-hydroxylation sites is 1. The molecule has 0 aliphatic heterocycles. The molecule has 618 valence electrons. The Morgan fingerprint density at radius 3 is 0.744 bits per heavy atom. The van der Waals surface area contributed by atoms with Gasteiger partial charge in [0.25, 0.3) is 35.4 Å². The molecule has 20 nitrogen and oxygen atoms in total. The lowest BCUT2D eigenvalue weighted by molar-refractivity contribution is -0.134. The Hall–Kier alpha value is -14.5. The van der Waals surface area contributed by atoms with Crippen LogP contribution in [0.5, 0.6) is 5.75 Å². The van der Waals surface area contributed by atoms with E-state index in [4.69, 9.17) is 27.9 Å². The van der Waals surface area contributed by atoms with E-state index in [9.17, 15) is 66.3 Å². The number of ketones is 6. The van der Waals surface area contributed by atoms with E-state index in [0.717, 1.165) is 55.8 Å². The lowest BCUT2D eigenvalue weighted by Crippen LogP contribution is -2.24. The van der Waals surface area contributed by atoms with Crippen molar-refractivity contribution in [1.29, 1.82) is 0 Å². The number of Topliss-reactive ketones (excluding diaryl/α,β-unsaturated/α-hetero) is 6. The lowest BCUT2D eigenvalue weighted by atomic mass is 10.1. The van der Waals surface area contributed by atoms with Crippen LogP contribution in [0.15, 0.2) is 303 Å². The van der Waals surface area contributed by atoms with Gasteiger partial charge in [-0.25, -0.2) is 8.78 Å². The van der Waals surface area contributed by atoms with Gasteiger partial charge in [0.05, 0.1) is 7.11 Å². The van der Waals surface area contributed by atoms with E-state index in [1.165, 1.54) is 48.5 Å². The van der Waals surface area contributed by atoms with E-state index in [2.05, 4.69) is 31.9 Å². The number of halogens is 4. The first-order valence-corrected chi connectivity index (χ1v) is 38.5. The fourth-order valence-electron chi connectivity index (χ4n) is 10.5. The highest BCUT2D eigenvalue weighted by Crippen LogP contribution is 2.21. The molecule has 0 saturated heterocycles. The molecule has 6 N–H and O–H groups in total. The average molecular weight is 1670 g/mol. The summed E-state index contributed by atoms with van der Waals surface area (Å²) in [6.07, 6.45) is 0.381. The maximum Gasteiger partial charge on any atom is 0.292 e. The predicted molar refractivity (Wildman–Crippen MR) is 471 cm³/mol. The summed E-state index contributed by atoms with van der Waals surface area (Å²) in [6.45, 7) is 7.90. The van der Waals surface area contributed by atoms with E-state index in [-0.39, 0.29) is 38.5 Å². The minimum Gasteiger partial charge on any atom is -0.497 e. The molecular weight excluding hydrogens is 1580 g/mol. The fraction of sp³-hybridized carbons (Fsp3) is 0.134. The van der Waals surface area contributed by atoms with Gasteiger partial charge in [-0.15, -0.1) is 0 Å². The summed E-state index contributed by atoms with van der Waals surface area (Å²) in [6, 6.07) is 86.2. The number of rotatable bonds is 26. The van der Waals surface area contributed by atoms with E-state index < -0.39 is 81.8 Å². The smallest absolute Gasteiger partial charge is 0.292 e. The van der Waals surface area contributed by atoms with E-state index in [1.54, 1.807) is 128 Å². The minimum atomic E-state index is -0.791. The summed E-state index contributed by atoms with van der Waals surface area (Å²) in [5.74, 6) is -6.88. The third-order valence-corrected chi connectivity index (χ3v) is 17.8. The molecule has 0 aromatic heterocycles. The van der Waals surface area contributed by atoms with Gasteiger partial charge in [0, 0.05) is 102 Å². The number of nitrogens with one attached hydrogen (secondary N) is 6. The van der Waals surface area contributed by atoms with Crippen LogP contribution in [0.1, 0.15) is 55.6 Å². The normalized spacial score (nSPS) is 10.0. The first-order valence-electron chi connectivity index (χ1n) is 37.7. The number of ether oxygens (including phenoxy) is 1. The van der Waals surface area contributed by atoms with Gasteiger partial charge < -0.3 is 41.5 Å². The summed E-state index contributed by atoms with van der Waals surface area (Å²) in [5.41, 5.74) is 13.5. The minimum absolute atomic E-state index is 0.0383. The molecule has 0 heterocycles. The van der Waals surface area contributed by atoms with Gasteiger partial charge in [0.1, 0.15) is 17.4 Å². The summed E-state index contributed by atoms with van der Waals surface area (Å²) >= 11 is 11.5. The number of carbonyl (C=O) groups excluding carboxylic acids is 12. The molecule has 12 aromatic rings. The highest BCUT2D eigenvalue weighted by molar-refractivity contribution is 6.43. The van der Waals surface area contributed by atoms with Crippen LogP contribution < -0.4 is 41.5 Å². The Bertz CT molecular complexity index is 4960. The number of carbonyl (C=O) groups is 12. The van der Waals surface area contributed by atoms with Gasteiger partial charge in [0.15, 0.2) is 0 Å². The predicted octanol–water partition coefficient (Wildman–Crippen LogP) is 17.5. The quantitative estimate of drug-likeness (QED) is 0.0275. The number of aryl methyl sites for hydroxylation is 4. The molecule has 121 heavy (non-hydrogen) atoms. The molecule has 24 heteroatoms. The van der Waals surface area contributed by atoms with Crippen LogP contribution in [0.25, 0.3) is 0 Å². The maximum atomic E-state index is 12.7. The lowest BCUT2D eigenvalue weighted by Gasteiger charge is -2.12. The number of benzene rings is 12. The van der Waals surface area contributed by atoms with Gasteiger partial charge in [-0.1, -0.05) is 203 Å². The number of anilines is 7. The van der Waals surface area contributed by atoms with Crippen LogP contribution in [0, 0.1) is 39.3 Å². The van der Waals surface area contributed by atoms with Crippen molar-refractivity contribution in [2.75, 3.05) is 58.0 Å². The summed E-state index contributed by atoms with van der Waals surface area (Å²) in [5, 5.41) is 16.5. The number of hydrogen-bond donors (Lipinski definition) is 6. The van der Waals surface area contributed by atoms with Crippen molar-refractivity contribution in [3.8, 4) is 5.75 Å². The number of methoxy groups -OCH3 is 1. The van der Waals surface area contributed by atoms with Gasteiger partial charge >= 0.3 is 0 Å². The average Bonchev–Trinajstić information content (AvgIpc) is 0.869. The second-order valence-electron chi connectivity index (χ2n) is 27.4. The highest BCUT2D eigenvalue weighted by atomic mass is 35.5. The monoisotopic (exact) mass is 1670 g/mol. The third-order valence-electron chi connectivity index (χ3n) is 17.3. The molecule has 12 rings (SSSR count). The zero-order chi connectivity index (χ0) is 87.8. The Morgan fingerprint density at radius 2 is 0.463 bits per heavy atom. The van der Waals surface area contributed by atoms with Crippen molar-refractivity contribution in [3.05, 3.63) is 381 Å². The number of amides is 6. The topological polar surface area (TPSA) is 289 Å². The fourth-order valence-corrected chi connectivity index (χ4v) is 10.7. The maximum absolute atomic E-state index is 12.7. The highest BCUT2D eigenvalue weighted by Gasteiger charge is 2.20. The molecule has 0 bridgehead atoms. The molecule has 6 amide bonds. The van der Waals surface area contributed by atoms with Crippen molar-refractivity contribution in [3.63, 3.8) is 0 Å². The zero-order valence-electron chi connectivity index (χ0n) is 67.4. The van der Waals surface area contributed by atoms with Gasteiger partial charge in [-0.3, -0.25) is 57.5 Å². The van der Waals surface area contributed by atoms with Crippen LogP contribution in [0.2, 0.25) is 10.0 Å². The van der Waals surface area contributed by atoms with Crippen molar-refractivity contribution >= 4 is 133 Å². The molecule has 0 saturated carbocycles. The molecule has 12 aromatic carbocycles. The van der Waals surface area contributed by atoms with Crippen LogP contribution in [-0.2, 0) is 96.1 Å².